The van der Waals surface area contributed by atoms with Crippen LogP contribution in [0.2, 0.25) is 0 Å². The van der Waals surface area contributed by atoms with E-state index in [4.69, 9.17) is 0 Å². The van der Waals surface area contributed by atoms with Crippen LogP contribution in [0.25, 0.3) is 0 Å². The van der Waals surface area contributed by atoms with Crippen molar-refractivity contribution in [1.29, 1.82) is 0 Å². The summed E-state index contributed by atoms with van der Waals surface area (Å²) in [6.07, 6.45) is 1.46. The summed E-state index contributed by atoms with van der Waals surface area (Å²) in [5.74, 6) is 0. The summed E-state index contributed by atoms with van der Waals surface area (Å²) in [5.41, 5.74) is 1.00. The van der Waals surface area contributed by atoms with Gasteiger partial charge in [0.05, 0.1) is 11.3 Å². The van der Waals surface area contributed by atoms with Crippen molar-refractivity contribution in [2.45, 2.75) is 18.2 Å². The van der Waals surface area contributed by atoms with Gasteiger partial charge in [-0.05, 0) is 40.5 Å². The summed E-state index contributed by atoms with van der Waals surface area (Å²) in [4.78, 5) is 10.2. The molecule has 0 amide bonds. The zero-order chi connectivity index (χ0) is 15.6. The predicted octanol–water partition coefficient (Wildman–Crippen LogP) is 2.62. The van der Waals surface area contributed by atoms with Crippen molar-refractivity contribution in [2.75, 3.05) is 6.54 Å². The molecule has 0 N–H and O–H groups in total. The fourth-order valence-corrected chi connectivity index (χ4v) is 4.27. The third-order valence-corrected chi connectivity index (χ3v) is 5.31. The lowest BCUT2D eigenvalue weighted by molar-refractivity contribution is -0.479. The van der Waals surface area contributed by atoms with E-state index in [9.17, 15) is 18.5 Å². The van der Waals surface area contributed by atoms with Crippen LogP contribution in [-0.4, -0.2) is 23.9 Å². The molecule has 0 radical (unpaired) electrons. The van der Waals surface area contributed by atoms with Crippen molar-refractivity contribution in [1.82, 2.24) is 3.97 Å². The summed E-state index contributed by atoms with van der Waals surface area (Å²) in [5, 5.41) is 10.5. The molecule has 1 aromatic heterocycles. The summed E-state index contributed by atoms with van der Waals surface area (Å²) >= 11 is 3.22. The molecule has 0 fully saturated rings. The molecule has 8 heteroatoms. The first-order valence-corrected chi connectivity index (χ1v) is 8.35. The molecule has 2 aromatic rings. The number of rotatable bonds is 5. The molecule has 0 saturated carbocycles. The molecule has 1 heterocycles. The van der Waals surface area contributed by atoms with Gasteiger partial charge in [0.25, 0.3) is 10.0 Å². The topological polar surface area (TPSA) is 82.2 Å². The van der Waals surface area contributed by atoms with Crippen molar-refractivity contribution in [3.63, 3.8) is 0 Å². The van der Waals surface area contributed by atoms with Crippen LogP contribution >= 0.6 is 15.9 Å². The number of hydrogen-bond acceptors (Lipinski definition) is 4. The molecule has 0 unspecified atom stereocenters. The average Bonchev–Trinajstić information content (AvgIpc) is 2.78. The summed E-state index contributed by atoms with van der Waals surface area (Å²) in [6, 6.07) is 8.22. The third-order valence-electron chi connectivity index (χ3n) is 3.01. The normalized spacial score (nSPS) is 11.5. The van der Waals surface area contributed by atoms with E-state index in [1.807, 2.05) is 0 Å². The second-order valence-corrected chi connectivity index (χ2v) is 7.22. The number of halogens is 1. The smallest absolute Gasteiger partial charge is 0.265 e. The number of nitrogens with zero attached hydrogens (tertiary/aromatic N) is 2. The van der Waals surface area contributed by atoms with Crippen LogP contribution in [0.3, 0.4) is 0 Å². The van der Waals surface area contributed by atoms with Gasteiger partial charge in [-0.1, -0.05) is 18.2 Å². The lowest BCUT2D eigenvalue weighted by Crippen LogP contribution is -2.17. The SMILES string of the molecule is Cc1ccccc1S(=O)(=O)n1cc(Br)cc1CC[N+](=O)[O-]. The average molecular weight is 373 g/mol. The molecule has 0 spiro atoms. The van der Waals surface area contributed by atoms with Crippen LogP contribution in [0.1, 0.15) is 11.3 Å². The van der Waals surface area contributed by atoms with Gasteiger partial charge in [0.2, 0.25) is 6.54 Å². The van der Waals surface area contributed by atoms with E-state index >= 15 is 0 Å². The maximum atomic E-state index is 12.7. The second-order valence-electron chi connectivity index (χ2n) is 4.52. The minimum absolute atomic E-state index is 0.0453. The lowest BCUT2D eigenvalue weighted by atomic mass is 10.2. The molecule has 1 aromatic carbocycles. The monoisotopic (exact) mass is 372 g/mol. The molecule has 0 aliphatic carbocycles. The standard InChI is InChI=1S/C13H13BrN2O4S/c1-10-4-2-3-5-13(10)21(19,20)15-9-11(14)8-12(15)6-7-16(17)18/h2-5,8-9H,6-7H2,1H3. The highest BCUT2D eigenvalue weighted by molar-refractivity contribution is 9.10. The quantitative estimate of drug-likeness (QED) is 0.596. The maximum Gasteiger partial charge on any atom is 0.268 e. The fourth-order valence-electron chi connectivity index (χ4n) is 2.02. The molecule has 0 aliphatic rings. The zero-order valence-electron chi connectivity index (χ0n) is 11.2. The van der Waals surface area contributed by atoms with Crippen LogP contribution in [0, 0.1) is 17.0 Å². The Bertz CT molecular complexity index is 783. The Labute approximate surface area is 130 Å². The van der Waals surface area contributed by atoms with Gasteiger partial charge in [-0.2, -0.15) is 0 Å². The highest BCUT2D eigenvalue weighted by Crippen LogP contribution is 2.24. The van der Waals surface area contributed by atoms with Gasteiger partial charge in [0.1, 0.15) is 0 Å². The number of aryl methyl sites for hydroxylation is 1. The van der Waals surface area contributed by atoms with Crippen LogP contribution in [0.5, 0.6) is 0 Å². The predicted molar refractivity (Wildman–Crippen MR) is 81.5 cm³/mol. The highest BCUT2D eigenvalue weighted by atomic mass is 79.9. The summed E-state index contributed by atoms with van der Waals surface area (Å²) in [7, 11) is -3.76. The number of aromatic nitrogens is 1. The molecular weight excluding hydrogens is 360 g/mol. The Balaban J connectivity index is 2.50. The Hall–Kier alpha value is -1.67. The number of nitro groups is 1. The van der Waals surface area contributed by atoms with E-state index in [0.717, 1.165) is 3.97 Å². The molecule has 0 aliphatic heterocycles. The van der Waals surface area contributed by atoms with E-state index < -0.39 is 14.9 Å². The lowest BCUT2D eigenvalue weighted by Gasteiger charge is -2.11. The van der Waals surface area contributed by atoms with Crippen molar-refractivity contribution in [3.8, 4) is 0 Å². The second kappa shape index (κ2) is 5.98. The van der Waals surface area contributed by atoms with E-state index in [1.54, 1.807) is 31.2 Å². The Kier molecular flexibility index (Phi) is 4.48. The molecule has 112 valence electrons. The van der Waals surface area contributed by atoms with Crippen molar-refractivity contribution in [3.05, 3.63) is 62.4 Å². The Morgan fingerprint density at radius 3 is 2.62 bits per heavy atom. The van der Waals surface area contributed by atoms with Gasteiger partial charge in [-0.3, -0.25) is 10.1 Å². The van der Waals surface area contributed by atoms with Gasteiger partial charge in [0.15, 0.2) is 0 Å². The van der Waals surface area contributed by atoms with Crippen LogP contribution in [-0.2, 0) is 16.4 Å². The Morgan fingerprint density at radius 1 is 1.33 bits per heavy atom. The molecule has 21 heavy (non-hydrogen) atoms. The van der Waals surface area contributed by atoms with E-state index in [-0.39, 0.29) is 17.9 Å². The van der Waals surface area contributed by atoms with Crippen LogP contribution in [0.15, 0.2) is 45.9 Å². The van der Waals surface area contributed by atoms with Gasteiger partial charge >= 0.3 is 0 Å². The van der Waals surface area contributed by atoms with Crippen molar-refractivity contribution >= 4 is 26.0 Å². The van der Waals surface area contributed by atoms with E-state index in [2.05, 4.69) is 15.9 Å². The van der Waals surface area contributed by atoms with Crippen molar-refractivity contribution < 1.29 is 13.3 Å². The third kappa shape index (κ3) is 3.33. The fraction of sp³-hybridized carbons (Fsp3) is 0.231. The first-order chi connectivity index (χ1) is 9.82. The van der Waals surface area contributed by atoms with Gasteiger partial charge in [0, 0.05) is 21.3 Å². The van der Waals surface area contributed by atoms with E-state index in [0.29, 0.717) is 15.7 Å². The van der Waals surface area contributed by atoms with Crippen LogP contribution < -0.4 is 0 Å². The van der Waals surface area contributed by atoms with Crippen molar-refractivity contribution in [2.24, 2.45) is 0 Å². The molecular formula is C13H13BrN2O4S. The summed E-state index contributed by atoms with van der Waals surface area (Å²) in [6.45, 7) is 1.39. The first-order valence-electron chi connectivity index (χ1n) is 6.12. The van der Waals surface area contributed by atoms with Gasteiger partial charge < -0.3 is 0 Å². The minimum Gasteiger partial charge on any atom is -0.265 e. The zero-order valence-corrected chi connectivity index (χ0v) is 13.6. The molecule has 0 saturated heterocycles. The molecule has 0 atom stereocenters. The molecule has 6 nitrogen and oxygen atoms in total. The minimum atomic E-state index is -3.76. The molecule has 2 rings (SSSR count). The maximum absolute atomic E-state index is 12.7. The first kappa shape index (κ1) is 15.7. The number of benzene rings is 1. The van der Waals surface area contributed by atoms with E-state index in [1.165, 1.54) is 12.3 Å². The molecule has 0 bridgehead atoms. The highest BCUT2D eigenvalue weighted by Gasteiger charge is 2.22. The van der Waals surface area contributed by atoms with Gasteiger partial charge in [-0.25, -0.2) is 12.4 Å². The summed E-state index contributed by atoms with van der Waals surface area (Å²) < 4.78 is 27.1. The van der Waals surface area contributed by atoms with Gasteiger partial charge in [-0.15, -0.1) is 0 Å². The van der Waals surface area contributed by atoms with Crippen LogP contribution in [0.4, 0.5) is 0 Å². The largest absolute Gasteiger partial charge is 0.268 e. The Morgan fingerprint density at radius 2 is 2.00 bits per heavy atom. The number of hydrogen-bond donors (Lipinski definition) is 0.